The second kappa shape index (κ2) is 5.12. The maximum atomic E-state index is 5.64. The molecular weight excluding hydrogens is 214 g/mol. The van der Waals surface area contributed by atoms with Crippen LogP contribution in [0, 0.1) is 6.92 Å². The van der Waals surface area contributed by atoms with Crippen LogP contribution in [-0.2, 0) is 6.42 Å². The van der Waals surface area contributed by atoms with Crippen molar-refractivity contribution in [3.8, 4) is 0 Å². The first-order valence-electron chi connectivity index (χ1n) is 5.71. The standard InChI is InChI=1S/C13H17N3O/c1-3-12-11(6-7-17-12)13(16-14)10-5-4-9(2)15-8-10/h4-8,13,16H,3,14H2,1-2H3. The van der Waals surface area contributed by atoms with Gasteiger partial charge in [0, 0.05) is 23.9 Å². The third-order valence-electron chi connectivity index (χ3n) is 2.85. The molecule has 2 heterocycles. The Morgan fingerprint density at radius 2 is 2.24 bits per heavy atom. The number of pyridine rings is 1. The van der Waals surface area contributed by atoms with Crippen LogP contribution in [0.3, 0.4) is 0 Å². The molecule has 3 N–H and O–H groups in total. The summed E-state index contributed by atoms with van der Waals surface area (Å²) in [7, 11) is 0. The normalized spacial score (nSPS) is 12.6. The Morgan fingerprint density at radius 1 is 1.41 bits per heavy atom. The van der Waals surface area contributed by atoms with Gasteiger partial charge in [-0.3, -0.25) is 10.8 Å². The van der Waals surface area contributed by atoms with Crippen LogP contribution in [0.4, 0.5) is 0 Å². The maximum absolute atomic E-state index is 5.64. The van der Waals surface area contributed by atoms with Crippen LogP contribution in [0.15, 0.2) is 35.1 Å². The first-order valence-corrected chi connectivity index (χ1v) is 5.71. The van der Waals surface area contributed by atoms with E-state index in [-0.39, 0.29) is 6.04 Å². The van der Waals surface area contributed by atoms with Crippen molar-refractivity contribution in [3.05, 3.63) is 53.2 Å². The number of nitrogens with zero attached hydrogens (tertiary/aromatic N) is 1. The molecule has 2 aromatic rings. The molecule has 0 amide bonds. The van der Waals surface area contributed by atoms with Gasteiger partial charge in [0.2, 0.25) is 0 Å². The lowest BCUT2D eigenvalue weighted by atomic mass is 10.0. The first kappa shape index (κ1) is 11.8. The van der Waals surface area contributed by atoms with Crippen LogP contribution in [0.2, 0.25) is 0 Å². The lowest BCUT2D eigenvalue weighted by Gasteiger charge is -2.16. The minimum atomic E-state index is -0.0724. The van der Waals surface area contributed by atoms with Crippen molar-refractivity contribution in [1.29, 1.82) is 0 Å². The second-order valence-electron chi connectivity index (χ2n) is 3.99. The highest BCUT2D eigenvalue weighted by Crippen LogP contribution is 2.25. The van der Waals surface area contributed by atoms with Crippen molar-refractivity contribution >= 4 is 0 Å². The van der Waals surface area contributed by atoms with Gasteiger partial charge in [-0.2, -0.15) is 0 Å². The fourth-order valence-electron chi connectivity index (χ4n) is 1.91. The van der Waals surface area contributed by atoms with Crippen molar-refractivity contribution in [2.24, 2.45) is 5.84 Å². The zero-order valence-corrected chi connectivity index (χ0v) is 10.1. The van der Waals surface area contributed by atoms with Crippen LogP contribution in [0.25, 0.3) is 0 Å². The van der Waals surface area contributed by atoms with E-state index in [1.807, 2.05) is 31.3 Å². The SMILES string of the molecule is CCc1occc1C(NN)c1ccc(C)nc1. The molecule has 0 fully saturated rings. The summed E-state index contributed by atoms with van der Waals surface area (Å²) in [5.74, 6) is 6.59. The third kappa shape index (κ3) is 2.38. The second-order valence-corrected chi connectivity index (χ2v) is 3.99. The molecule has 0 saturated carbocycles. The molecule has 0 aromatic carbocycles. The molecule has 0 saturated heterocycles. The molecule has 0 aliphatic rings. The first-order chi connectivity index (χ1) is 8.26. The van der Waals surface area contributed by atoms with Gasteiger partial charge < -0.3 is 4.42 Å². The van der Waals surface area contributed by atoms with Crippen LogP contribution < -0.4 is 11.3 Å². The molecule has 2 rings (SSSR count). The average molecular weight is 231 g/mol. The van der Waals surface area contributed by atoms with Crippen molar-refractivity contribution in [3.63, 3.8) is 0 Å². The zero-order valence-electron chi connectivity index (χ0n) is 10.1. The molecule has 2 aromatic heterocycles. The third-order valence-corrected chi connectivity index (χ3v) is 2.85. The average Bonchev–Trinajstić information content (AvgIpc) is 2.81. The number of hydrazine groups is 1. The summed E-state index contributed by atoms with van der Waals surface area (Å²) in [6.07, 6.45) is 4.38. The van der Waals surface area contributed by atoms with Crippen LogP contribution in [-0.4, -0.2) is 4.98 Å². The van der Waals surface area contributed by atoms with Crippen molar-refractivity contribution < 1.29 is 4.42 Å². The smallest absolute Gasteiger partial charge is 0.108 e. The van der Waals surface area contributed by atoms with Gasteiger partial charge in [-0.05, 0) is 24.6 Å². The van der Waals surface area contributed by atoms with Gasteiger partial charge in [0.1, 0.15) is 5.76 Å². The Kier molecular flexibility index (Phi) is 3.56. The number of nitrogens with two attached hydrogens (primary N) is 1. The highest BCUT2D eigenvalue weighted by atomic mass is 16.3. The van der Waals surface area contributed by atoms with Crippen molar-refractivity contribution in [2.45, 2.75) is 26.3 Å². The lowest BCUT2D eigenvalue weighted by Crippen LogP contribution is -2.29. The fraction of sp³-hybridized carbons (Fsp3) is 0.308. The molecule has 0 aliphatic carbocycles. The summed E-state index contributed by atoms with van der Waals surface area (Å²) in [5.41, 5.74) is 5.91. The highest BCUT2D eigenvalue weighted by molar-refractivity contribution is 5.32. The Balaban J connectivity index is 2.36. The van der Waals surface area contributed by atoms with Gasteiger partial charge in [-0.1, -0.05) is 13.0 Å². The molecule has 0 spiro atoms. The number of aromatic nitrogens is 1. The molecule has 0 aliphatic heterocycles. The van der Waals surface area contributed by atoms with Crippen LogP contribution in [0.1, 0.15) is 35.5 Å². The molecule has 4 nitrogen and oxygen atoms in total. The zero-order chi connectivity index (χ0) is 12.3. The summed E-state index contributed by atoms with van der Waals surface area (Å²) < 4.78 is 5.43. The molecule has 1 atom stereocenters. The van der Waals surface area contributed by atoms with Gasteiger partial charge in [0.05, 0.1) is 12.3 Å². The van der Waals surface area contributed by atoms with E-state index in [0.717, 1.165) is 29.0 Å². The Bertz CT molecular complexity index is 476. The minimum Gasteiger partial charge on any atom is -0.469 e. The van der Waals surface area contributed by atoms with E-state index in [4.69, 9.17) is 10.3 Å². The number of rotatable bonds is 4. The lowest BCUT2D eigenvalue weighted by molar-refractivity contribution is 0.502. The van der Waals surface area contributed by atoms with E-state index in [1.165, 1.54) is 0 Å². The highest BCUT2D eigenvalue weighted by Gasteiger charge is 2.17. The van der Waals surface area contributed by atoms with Gasteiger partial charge >= 0.3 is 0 Å². The summed E-state index contributed by atoms with van der Waals surface area (Å²) in [6, 6.07) is 5.88. The van der Waals surface area contributed by atoms with E-state index in [2.05, 4.69) is 17.3 Å². The van der Waals surface area contributed by atoms with Crippen LogP contribution in [0.5, 0.6) is 0 Å². The van der Waals surface area contributed by atoms with Gasteiger partial charge in [0.25, 0.3) is 0 Å². The maximum Gasteiger partial charge on any atom is 0.108 e. The summed E-state index contributed by atoms with van der Waals surface area (Å²) in [4.78, 5) is 4.29. The van der Waals surface area contributed by atoms with Crippen molar-refractivity contribution in [1.82, 2.24) is 10.4 Å². The number of hydrogen-bond donors (Lipinski definition) is 2. The number of furan rings is 1. The molecule has 0 radical (unpaired) electrons. The molecule has 17 heavy (non-hydrogen) atoms. The van der Waals surface area contributed by atoms with Gasteiger partial charge in [-0.25, -0.2) is 5.43 Å². The Hall–Kier alpha value is -1.65. The van der Waals surface area contributed by atoms with Gasteiger partial charge in [0.15, 0.2) is 0 Å². The predicted molar refractivity (Wildman–Crippen MR) is 66.2 cm³/mol. The predicted octanol–water partition coefficient (Wildman–Crippen LogP) is 2.10. The van der Waals surface area contributed by atoms with E-state index in [9.17, 15) is 0 Å². The van der Waals surface area contributed by atoms with E-state index in [0.29, 0.717) is 0 Å². The summed E-state index contributed by atoms with van der Waals surface area (Å²) in [5, 5.41) is 0. The quantitative estimate of drug-likeness (QED) is 0.624. The molecular formula is C13H17N3O. The molecule has 0 bridgehead atoms. The number of nitrogens with one attached hydrogen (secondary N) is 1. The van der Waals surface area contributed by atoms with E-state index in [1.54, 1.807) is 6.26 Å². The van der Waals surface area contributed by atoms with E-state index < -0.39 is 0 Å². The Morgan fingerprint density at radius 3 is 2.82 bits per heavy atom. The molecule has 90 valence electrons. The fourth-order valence-corrected chi connectivity index (χ4v) is 1.91. The van der Waals surface area contributed by atoms with Crippen molar-refractivity contribution in [2.75, 3.05) is 0 Å². The van der Waals surface area contributed by atoms with E-state index >= 15 is 0 Å². The topological polar surface area (TPSA) is 64.1 Å². The van der Waals surface area contributed by atoms with Crippen LogP contribution >= 0.6 is 0 Å². The largest absolute Gasteiger partial charge is 0.469 e. The minimum absolute atomic E-state index is 0.0724. The Labute approximate surface area is 101 Å². The number of hydrogen-bond acceptors (Lipinski definition) is 4. The molecule has 4 heteroatoms. The summed E-state index contributed by atoms with van der Waals surface area (Å²) >= 11 is 0. The molecule has 1 unspecified atom stereocenters. The summed E-state index contributed by atoms with van der Waals surface area (Å²) in [6.45, 7) is 4.02. The number of aryl methyl sites for hydroxylation is 2. The monoisotopic (exact) mass is 231 g/mol. The van der Waals surface area contributed by atoms with Gasteiger partial charge in [-0.15, -0.1) is 0 Å².